The van der Waals surface area contributed by atoms with Crippen LogP contribution in [-0.2, 0) is 4.79 Å². The van der Waals surface area contributed by atoms with E-state index in [9.17, 15) is 14.9 Å². The lowest BCUT2D eigenvalue weighted by molar-refractivity contribution is -0.384. The van der Waals surface area contributed by atoms with E-state index in [4.69, 9.17) is 17.3 Å². The van der Waals surface area contributed by atoms with Gasteiger partial charge in [0.1, 0.15) is 0 Å². The summed E-state index contributed by atoms with van der Waals surface area (Å²) in [5, 5.41) is 21.0. The van der Waals surface area contributed by atoms with Crippen LogP contribution >= 0.6 is 34.7 Å². The van der Waals surface area contributed by atoms with Crippen molar-refractivity contribution in [2.45, 2.75) is 4.34 Å². The van der Waals surface area contributed by atoms with Crippen LogP contribution in [0.2, 0.25) is 5.02 Å². The zero-order valence-corrected chi connectivity index (χ0v) is 12.7. The number of benzene rings is 1. The number of nitrogens with zero attached hydrogens (tertiary/aromatic N) is 3. The van der Waals surface area contributed by atoms with Crippen molar-refractivity contribution >= 4 is 57.1 Å². The molecule has 3 N–H and O–H groups in total. The Balaban J connectivity index is 1.94. The Kier molecular flexibility index (Phi) is 4.94. The van der Waals surface area contributed by atoms with Crippen LogP contribution in [0.15, 0.2) is 22.5 Å². The van der Waals surface area contributed by atoms with Gasteiger partial charge in [-0.1, -0.05) is 34.7 Å². The highest BCUT2D eigenvalue weighted by Crippen LogP contribution is 2.27. The van der Waals surface area contributed by atoms with E-state index in [1.165, 1.54) is 41.3 Å². The number of hydrogen-bond acceptors (Lipinski definition) is 8. The first-order chi connectivity index (χ1) is 9.95. The number of nitro benzene ring substituents is 1. The number of nitrogens with two attached hydrogens (primary N) is 1. The second-order valence-corrected chi connectivity index (χ2v) is 6.30. The van der Waals surface area contributed by atoms with Gasteiger partial charge in [-0.25, -0.2) is 0 Å². The zero-order valence-electron chi connectivity index (χ0n) is 10.3. The van der Waals surface area contributed by atoms with Gasteiger partial charge in [0.25, 0.3) is 5.69 Å². The lowest BCUT2D eigenvalue weighted by Gasteiger charge is -2.06. The highest BCUT2D eigenvalue weighted by Gasteiger charge is 2.12. The number of carbonyl (C=O) groups is 1. The number of nitrogens with one attached hydrogen (secondary N) is 1. The van der Waals surface area contributed by atoms with Crippen LogP contribution < -0.4 is 11.1 Å². The van der Waals surface area contributed by atoms with Crippen molar-refractivity contribution in [2.75, 3.05) is 16.8 Å². The maximum atomic E-state index is 11.8. The number of aromatic nitrogens is 2. The van der Waals surface area contributed by atoms with E-state index >= 15 is 0 Å². The molecule has 1 amide bonds. The predicted molar refractivity (Wildman–Crippen MR) is 81.8 cm³/mol. The molecule has 1 aromatic carbocycles. The summed E-state index contributed by atoms with van der Waals surface area (Å²) in [6.45, 7) is 0. The van der Waals surface area contributed by atoms with E-state index in [-0.39, 0.29) is 22.4 Å². The van der Waals surface area contributed by atoms with Crippen LogP contribution in [0.4, 0.5) is 16.5 Å². The largest absolute Gasteiger partial charge is 0.374 e. The fourth-order valence-electron chi connectivity index (χ4n) is 1.31. The van der Waals surface area contributed by atoms with Gasteiger partial charge >= 0.3 is 0 Å². The van der Waals surface area contributed by atoms with Crippen molar-refractivity contribution in [2.24, 2.45) is 0 Å². The third kappa shape index (κ3) is 4.28. The van der Waals surface area contributed by atoms with Gasteiger partial charge in [0.15, 0.2) is 4.34 Å². The fraction of sp³-hybridized carbons (Fsp3) is 0.100. The first-order valence-electron chi connectivity index (χ1n) is 5.41. The number of halogens is 1. The Morgan fingerprint density at radius 1 is 1.52 bits per heavy atom. The first kappa shape index (κ1) is 15.5. The van der Waals surface area contributed by atoms with E-state index in [0.717, 1.165) is 0 Å². The Morgan fingerprint density at radius 2 is 2.29 bits per heavy atom. The molecule has 0 aliphatic heterocycles. The SMILES string of the molecule is Nc1nnc(SCC(=O)Nc2ccc([N+](=O)[O-])cc2Cl)s1. The topological polar surface area (TPSA) is 124 Å². The van der Waals surface area contributed by atoms with Crippen molar-refractivity contribution in [1.29, 1.82) is 0 Å². The van der Waals surface area contributed by atoms with Crippen molar-refractivity contribution in [3.05, 3.63) is 33.3 Å². The van der Waals surface area contributed by atoms with E-state index in [2.05, 4.69) is 15.5 Å². The molecule has 0 atom stereocenters. The maximum absolute atomic E-state index is 11.8. The predicted octanol–water partition coefficient (Wildman–Crippen LogP) is 2.41. The summed E-state index contributed by atoms with van der Waals surface area (Å²) in [7, 11) is 0. The van der Waals surface area contributed by atoms with E-state index in [1.807, 2.05) is 0 Å². The molecule has 0 spiro atoms. The van der Waals surface area contributed by atoms with Crippen LogP contribution in [0.1, 0.15) is 0 Å². The third-order valence-electron chi connectivity index (χ3n) is 2.19. The van der Waals surface area contributed by atoms with E-state index in [0.29, 0.717) is 15.2 Å². The second-order valence-electron chi connectivity index (χ2n) is 3.66. The van der Waals surface area contributed by atoms with Gasteiger partial charge in [0.2, 0.25) is 11.0 Å². The smallest absolute Gasteiger partial charge is 0.271 e. The maximum Gasteiger partial charge on any atom is 0.271 e. The highest BCUT2D eigenvalue weighted by atomic mass is 35.5. The summed E-state index contributed by atoms with van der Waals surface area (Å²) >= 11 is 8.24. The molecule has 0 saturated heterocycles. The molecule has 1 aromatic heterocycles. The van der Waals surface area contributed by atoms with Crippen molar-refractivity contribution in [3.63, 3.8) is 0 Å². The Labute approximate surface area is 131 Å². The van der Waals surface area contributed by atoms with Gasteiger partial charge < -0.3 is 11.1 Å². The lowest BCUT2D eigenvalue weighted by Crippen LogP contribution is -2.14. The van der Waals surface area contributed by atoms with Crippen molar-refractivity contribution in [1.82, 2.24) is 10.2 Å². The molecule has 8 nitrogen and oxygen atoms in total. The van der Waals surface area contributed by atoms with Crippen LogP contribution in [-0.4, -0.2) is 26.8 Å². The number of amides is 1. The monoisotopic (exact) mass is 345 g/mol. The van der Waals surface area contributed by atoms with Gasteiger partial charge in [-0.3, -0.25) is 14.9 Å². The minimum absolute atomic E-state index is 0.0992. The lowest BCUT2D eigenvalue weighted by atomic mass is 10.3. The number of nitro groups is 1. The Bertz CT molecular complexity index is 693. The van der Waals surface area contributed by atoms with Gasteiger partial charge in [-0.2, -0.15) is 0 Å². The normalized spacial score (nSPS) is 10.3. The van der Waals surface area contributed by atoms with Crippen molar-refractivity contribution < 1.29 is 9.72 Å². The van der Waals surface area contributed by atoms with E-state index in [1.54, 1.807) is 0 Å². The average Bonchev–Trinajstić information content (AvgIpc) is 2.84. The second kappa shape index (κ2) is 6.70. The number of hydrogen-bond donors (Lipinski definition) is 2. The summed E-state index contributed by atoms with van der Waals surface area (Å²) in [5.74, 6) is -0.216. The van der Waals surface area contributed by atoms with Crippen LogP contribution in [0.25, 0.3) is 0 Å². The summed E-state index contributed by atoms with van der Waals surface area (Å²) in [6, 6.07) is 3.82. The number of nitrogen functional groups attached to an aromatic ring is 1. The molecule has 2 aromatic rings. The molecule has 21 heavy (non-hydrogen) atoms. The standard InChI is InChI=1S/C10H8ClN5O3S2/c11-6-3-5(16(18)19)1-2-7(6)13-8(17)4-20-10-15-14-9(12)21-10/h1-3H,4H2,(H2,12,14)(H,13,17). The zero-order chi connectivity index (χ0) is 15.4. The van der Waals surface area contributed by atoms with Gasteiger partial charge in [-0.05, 0) is 6.07 Å². The number of non-ortho nitro benzene ring substituents is 1. The number of anilines is 2. The molecule has 0 unspecified atom stereocenters. The molecule has 0 saturated carbocycles. The number of rotatable bonds is 5. The quantitative estimate of drug-likeness (QED) is 0.484. The average molecular weight is 346 g/mol. The molecular weight excluding hydrogens is 338 g/mol. The molecular formula is C10H8ClN5O3S2. The molecule has 2 rings (SSSR count). The molecule has 11 heteroatoms. The van der Waals surface area contributed by atoms with Crippen LogP contribution in [0.3, 0.4) is 0 Å². The van der Waals surface area contributed by atoms with Crippen LogP contribution in [0.5, 0.6) is 0 Å². The fourth-order valence-corrected chi connectivity index (χ4v) is 2.97. The molecule has 1 heterocycles. The van der Waals surface area contributed by atoms with Gasteiger partial charge in [0.05, 0.1) is 21.4 Å². The Hall–Kier alpha value is -1.91. The molecule has 0 aliphatic carbocycles. The highest BCUT2D eigenvalue weighted by molar-refractivity contribution is 8.01. The number of carbonyl (C=O) groups excluding carboxylic acids is 1. The molecule has 110 valence electrons. The first-order valence-corrected chi connectivity index (χ1v) is 7.59. The summed E-state index contributed by atoms with van der Waals surface area (Å²) in [5.41, 5.74) is 5.59. The third-order valence-corrected chi connectivity index (χ3v) is 4.38. The minimum Gasteiger partial charge on any atom is -0.374 e. The Morgan fingerprint density at radius 3 is 2.86 bits per heavy atom. The molecule has 0 fully saturated rings. The molecule has 0 bridgehead atoms. The van der Waals surface area contributed by atoms with Crippen molar-refractivity contribution in [3.8, 4) is 0 Å². The number of thioether (sulfide) groups is 1. The minimum atomic E-state index is -0.562. The van der Waals surface area contributed by atoms with E-state index < -0.39 is 4.92 Å². The summed E-state index contributed by atoms with van der Waals surface area (Å²) < 4.78 is 0.581. The summed E-state index contributed by atoms with van der Waals surface area (Å²) in [4.78, 5) is 21.8. The molecule has 0 aliphatic rings. The van der Waals surface area contributed by atoms with Crippen LogP contribution in [0, 0.1) is 10.1 Å². The summed E-state index contributed by atoms with van der Waals surface area (Å²) in [6.07, 6.45) is 0. The molecule has 0 radical (unpaired) electrons. The van der Waals surface area contributed by atoms with Gasteiger partial charge in [-0.15, -0.1) is 10.2 Å². The van der Waals surface area contributed by atoms with Gasteiger partial charge in [0, 0.05) is 12.1 Å².